The molecule has 1 heterocycles. The molecule has 3 aromatic rings. The molecular weight excluding hydrogens is 534 g/mol. The molecule has 206 valence electrons. The molecule has 0 bridgehead atoms. The molecule has 1 aliphatic rings. The highest BCUT2D eigenvalue weighted by molar-refractivity contribution is 7.89. The predicted molar refractivity (Wildman–Crippen MR) is 155 cm³/mol. The molecule has 0 aromatic heterocycles. The number of carbonyl (C=O) groups excluding carboxylic acids is 1. The summed E-state index contributed by atoms with van der Waals surface area (Å²) >= 11 is 6.13. The summed E-state index contributed by atoms with van der Waals surface area (Å²) in [5.74, 6) is 0.156. The number of amidine groups is 1. The zero-order valence-corrected chi connectivity index (χ0v) is 23.2. The highest BCUT2D eigenvalue weighted by atomic mass is 35.5. The van der Waals surface area contributed by atoms with Crippen molar-refractivity contribution in [3.8, 4) is 11.1 Å². The Kier molecular flexibility index (Phi) is 9.40. The molecule has 39 heavy (non-hydrogen) atoms. The van der Waals surface area contributed by atoms with Crippen molar-refractivity contribution in [2.75, 3.05) is 19.6 Å². The molecule has 1 atom stereocenters. The zero-order valence-electron chi connectivity index (χ0n) is 21.6. The number of carbonyl (C=O) groups is 1. The van der Waals surface area contributed by atoms with Crippen LogP contribution >= 0.6 is 11.6 Å². The molecule has 8 nitrogen and oxygen atoms in total. The van der Waals surface area contributed by atoms with Crippen molar-refractivity contribution in [3.63, 3.8) is 0 Å². The molecule has 0 aliphatic carbocycles. The van der Waals surface area contributed by atoms with E-state index in [2.05, 4.69) is 4.72 Å². The summed E-state index contributed by atoms with van der Waals surface area (Å²) in [6.45, 7) is 1.75. The Labute approximate surface area is 234 Å². The van der Waals surface area contributed by atoms with E-state index in [0.717, 1.165) is 30.4 Å². The average Bonchev–Trinajstić information content (AvgIpc) is 2.93. The Hall–Kier alpha value is -3.24. The van der Waals surface area contributed by atoms with Gasteiger partial charge in [0.15, 0.2) is 0 Å². The van der Waals surface area contributed by atoms with Crippen molar-refractivity contribution >= 4 is 33.4 Å². The SMILES string of the molecule is N=C(N)c1ccc(CC(NS(=O)(=O)c2cccc(-c3cccc(Cl)c3)c2)C(=O)N2CCC(CCN)CC2)cc1. The van der Waals surface area contributed by atoms with E-state index in [1.165, 1.54) is 6.07 Å². The Morgan fingerprint density at radius 1 is 1.03 bits per heavy atom. The lowest BCUT2D eigenvalue weighted by Gasteiger charge is -2.34. The minimum atomic E-state index is -4.05. The van der Waals surface area contributed by atoms with Gasteiger partial charge in [0.2, 0.25) is 15.9 Å². The Morgan fingerprint density at radius 3 is 2.28 bits per heavy atom. The molecule has 0 saturated carbocycles. The molecule has 1 aliphatic heterocycles. The molecule has 10 heteroatoms. The number of hydrogen-bond acceptors (Lipinski definition) is 5. The lowest BCUT2D eigenvalue weighted by Crippen LogP contribution is -2.51. The second-order valence-corrected chi connectivity index (χ2v) is 12.0. The minimum absolute atomic E-state index is 0.0604. The molecule has 0 radical (unpaired) electrons. The fraction of sp³-hybridized carbons (Fsp3) is 0.310. The van der Waals surface area contributed by atoms with Crippen molar-refractivity contribution in [2.45, 2.75) is 36.6 Å². The maximum Gasteiger partial charge on any atom is 0.241 e. The maximum atomic E-state index is 13.7. The van der Waals surface area contributed by atoms with Gasteiger partial charge in [0.25, 0.3) is 0 Å². The summed E-state index contributed by atoms with van der Waals surface area (Å²) < 4.78 is 29.9. The molecule has 1 amide bonds. The number of rotatable bonds is 10. The van der Waals surface area contributed by atoms with Crippen LogP contribution in [0.25, 0.3) is 11.1 Å². The van der Waals surface area contributed by atoms with Crippen LogP contribution in [0.4, 0.5) is 0 Å². The number of hydrogen-bond donors (Lipinski definition) is 4. The first-order valence-corrected chi connectivity index (χ1v) is 14.8. The summed E-state index contributed by atoms with van der Waals surface area (Å²) in [6, 6.07) is 19.7. The largest absolute Gasteiger partial charge is 0.384 e. The maximum absolute atomic E-state index is 13.7. The van der Waals surface area contributed by atoms with Crippen molar-refractivity contribution in [2.24, 2.45) is 17.4 Å². The normalized spacial score (nSPS) is 15.2. The van der Waals surface area contributed by atoms with Crippen LogP contribution in [0.3, 0.4) is 0 Å². The van der Waals surface area contributed by atoms with Crippen LogP contribution in [0.15, 0.2) is 77.7 Å². The average molecular weight is 568 g/mol. The number of halogens is 1. The number of nitrogens with zero attached hydrogens (tertiary/aromatic N) is 1. The fourth-order valence-corrected chi connectivity index (χ4v) is 6.32. The minimum Gasteiger partial charge on any atom is -0.384 e. The molecule has 1 unspecified atom stereocenters. The summed E-state index contributed by atoms with van der Waals surface area (Å²) in [6.07, 6.45) is 2.77. The van der Waals surface area contributed by atoms with E-state index in [1.807, 2.05) is 12.1 Å². The number of sulfonamides is 1. The van der Waals surface area contributed by atoms with E-state index < -0.39 is 16.1 Å². The molecule has 4 rings (SSSR count). The zero-order chi connectivity index (χ0) is 28.0. The summed E-state index contributed by atoms with van der Waals surface area (Å²) in [7, 11) is -4.05. The van der Waals surface area contributed by atoms with Gasteiger partial charge < -0.3 is 16.4 Å². The number of nitrogens with two attached hydrogens (primary N) is 2. The third kappa shape index (κ3) is 7.45. The summed E-state index contributed by atoms with van der Waals surface area (Å²) in [5, 5.41) is 8.16. The van der Waals surface area contributed by atoms with E-state index in [9.17, 15) is 13.2 Å². The molecule has 3 aromatic carbocycles. The molecule has 1 fully saturated rings. The molecule has 1 saturated heterocycles. The van der Waals surface area contributed by atoms with E-state index in [1.54, 1.807) is 59.5 Å². The number of benzene rings is 3. The summed E-state index contributed by atoms with van der Waals surface area (Å²) in [5.41, 5.74) is 14.1. The van der Waals surface area contributed by atoms with Crippen LogP contribution in [-0.2, 0) is 21.2 Å². The lowest BCUT2D eigenvalue weighted by atomic mass is 9.93. The van der Waals surface area contributed by atoms with Gasteiger partial charge in [-0.05, 0) is 79.1 Å². The van der Waals surface area contributed by atoms with Gasteiger partial charge in [-0.15, -0.1) is 0 Å². The highest BCUT2D eigenvalue weighted by Gasteiger charge is 2.32. The van der Waals surface area contributed by atoms with Crippen LogP contribution in [0.2, 0.25) is 5.02 Å². The van der Waals surface area contributed by atoms with Gasteiger partial charge in [-0.1, -0.05) is 60.1 Å². The number of nitrogens with one attached hydrogen (secondary N) is 2. The van der Waals surface area contributed by atoms with Crippen molar-refractivity contribution < 1.29 is 13.2 Å². The van der Waals surface area contributed by atoms with Crippen LogP contribution in [0.5, 0.6) is 0 Å². The summed E-state index contributed by atoms with van der Waals surface area (Å²) in [4.78, 5) is 15.5. The van der Waals surface area contributed by atoms with Crippen LogP contribution in [0.1, 0.15) is 30.4 Å². The van der Waals surface area contributed by atoms with Crippen LogP contribution in [-0.4, -0.2) is 50.7 Å². The van der Waals surface area contributed by atoms with Crippen LogP contribution < -0.4 is 16.2 Å². The van der Waals surface area contributed by atoms with Gasteiger partial charge in [0.1, 0.15) is 11.9 Å². The second-order valence-electron chi connectivity index (χ2n) is 9.87. The van der Waals surface area contributed by atoms with Gasteiger partial charge in [-0.3, -0.25) is 10.2 Å². The standard InChI is InChI=1S/C29H34ClN5O3S/c30-25-5-1-3-23(18-25)24-4-2-6-26(19-24)39(37,38)34-27(17-21-7-9-22(10-8-21)28(32)33)29(36)35-15-12-20(11-14-31)13-16-35/h1-10,18-20,27,34H,11-17,31H2,(H3,32,33). The van der Waals surface area contributed by atoms with Gasteiger partial charge in [0.05, 0.1) is 4.90 Å². The molecule has 6 N–H and O–H groups in total. The first-order valence-electron chi connectivity index (χ1n) is 13.0. The van der Waals surface area contributed by atoms with Gasteiger partial charge >= 0.3 is 0 Å². The second kappa shape index (κ2) is 12.7. The quantitative estimate of drug-likeness (QED) is 0.218. The first-order chi connectivity index (χ1) is 18.7. The van der Waals surface area contributed by atoms with Crippen molar-refractivity contribution in [3.05, 3.63) is 88.9 Å². The third-order valence-electron chi connectivity index (χ3n) is 7.10. The van der Waals surface area contributed by atoms with E-state index in [4.69, 9.17) is 28.5 Å². The van der Waals surface area contributed by atoms with Gasteiger partial charge in [-0.25, -0.2) is 8.42 Å². The van der Waals surface area contributed by atoms with Gasteiger partial charge in [-0.2, -0.15) is 4.72 Å². The van der Waals surface area contributed by atoms with Crippen LogP contribution in [0, 0.1) is 11.3 Å². The van der Waals surface area contributed by atoms with E-state index >= 15 is 0 Å². The molecule has 0 spiro atoms. The predicted octanol–water partition coefficient (Wildman–Crippen LogP) is 3.77. The third-order valence-corrected chi connectivity index (χ3v) is 8.81. The number of piperidine rings is 1. The monoisotopic (exact) mass is 567 g/mol. The smallest absolute Gasteiger partial charge is 0.241 e. The van der Waals surface area contributed by atoms with Gasteiger partial charge in [0, 0.05) is 23.7 Å². The molecular formula is C29H34ClN5O3S. The fourth-order valence-electron chi connectivity index (χ4n) is 4.90. The van der Waals surface area contributed by atoms with Crippen molar-refractivity contribution in [1.29, 1.82) is 5.41 Å². The number of amides is 1. The van der Waals surface area contributed by atoms with E-state index in [-0.39, 0.29) is 23.1 Å². The number of nitrogen functional groups attached to an aromatic ring is 1. The Morgan fingerprint density at radius 2 is 1.67 bits per heavy atom. The van der Waals surface area contributed by atoms with E-state index in [0.29, 0.717) is 41.7 Å². The number of likely N-dealkylation sites (tertiary alicyclic amines) is 1. The van der Waals surface area contributed by atoms with Crippen molar-refractivity contribution in [1.82, 2.24) is 9.62 Å². The topological polar surface area (TPSA) is 142 Å². The highest BCUT2D eigenvalue weighted by Crippen LogP contribution is 2.26. The Bertz CT molecular complexity index is 1420. The Balaban J connectivity index is 1.59. The first kappa shape index (κ1) is 28.8. The lowest BCUT2D eigenvalue weighted by molar-refractivity contribution is -0.134.